The molecule has 1 N–H and O–H groups in total. The second kappa shape index (κ2) is 8.06. The number of sulfonamides is 1. The third-order valence-electron chi connectivity index (χ3n) is 4.94. The van der Waals surface area contributed by atoms with Gasteiger partial charge in [-0.15, -0.1) is 0 Å². The van der Waals surface area contributed by atoms with E-state index < -0.39 is 31.8 Å². The van der Waals surface area contributed by atoms with Gasteiger partial charge < -0.3 is 5.32 Å². The van der Waals surface area contributed by atoms with Crippen LogP contribution in [0.3, 0.4) is 0 Å². The Labute approximate surface area is 165 Å². The molecule has 7 nitrogen and oxygen atoms in total. The van der Waals surface area contributed by atoms with Gasteiger partial charge in [0.2, 0.25) is 10.0 Å². The van der Waals surface area contributed by atoms with Crippen LogP contribution in [0, 0.1) is 0 Å². The molecule has 2 saturated heterocycles. The fraction of sp³-hybridized carbons (Fsp3) is 0.588. The Balaban J connectivity index is 1.82. The van der Waals surface area contributed by atoms with Crippen molar-refractivity contribution >= 4 is 37.4 Å². The molecule has 0 bridgehead atoms. The molecular weight excluding hydrogens is 412 g/mol. The molecule has 2 heterocycles. The highest BCUT2D eigenvalue weighted by molar-refractivity contribution is 7.91. The van der Waals surface area contributed by atoms with Gasteiger partial charge in [-0.25, -0.2) is 16.8 Å². The Kier molecular flexibility index (Phi) is 6.14. The minimum absolute atomic E-state index is 0.0488. The molecule has 0 spiro atoms. The molecular formula is C17H23ClN2O5S2. The Bertz CT molecular complexity index is 923. The lowest BCUT2D eigenvalue weighted by molar-refractivity contribution is 0.0941. The summed E-state index contributed by atoms with van der Waals surface area (Å²) in [6.07, 6.45) is 3.94. The molecule has 2 aliphatic rings. The molecule has 1 amide bonds. The Hall–Kier alpha value is -1.16. The number of nitrogens with zero attached hydrogens (tertiary/aromatic N) is 1. The number of carbonyl (C=O) groups is 1. The largest absolute Gasteiger partial charge is 0.348 e. The zero-order valence-corrected chi connectivity index (χ0v) is 17.2. The second-order valence-corrected chi connectivity index (χ2v) is 11.6. The number of carbonyl (C=O) groups excluding carboxylic acids is 1. The quantitative estimate of drug-likeness (QED) is 0.778. The third kappa shape index (κ3) is 4.82. The van der Waals surface area contributed by atoms with E-state index in [1.165, 1.54) is 22.5 Å². The van der Waals surface area contributed by atoms with Crippen LogP contribution < -0.4 is 5.32 Å². The van der Waals surface area contributed by atoms with Gasteiger partial charge in [0.15, 0.2) is 9.84 Å². The maximum absolute atomic E-state index is 13.0. The number of nitrogens with one attached hydrogen (secondary N) is 1. The highest BCUT2D eigenvalue weighted by atomic mass is 35.5. The van der Waals surface area contributed by atoms with Crippen molar-refractivity contribution in [1.82, 2.24) is 9.62 Å². The van der Waals surface area contributed by atoms with Gasteiger partial charge in [0.05, 0.1) is 16.5 Å². The SMILES string of the molecule is O=C(N[C@@H]1CCS(=O)(=O)C1)c1ccc(Cl)c(S(=O)(=O)N2CCCCCC2)c1. The van der Waals surface area contributed by atoms with Crippen molar-refractivity contribution in [3.05, 3.63) is 28.8 Å². The lowest BCUT2D eigenvalue weighted by atomic mass is 10.2. The molecule has 1 atom stereocenters. The van der Waals surface area contributed by atoms with Crippen LogP contribution in [0.25, 0.3) is 0 Å². The van der Waals surface area contributed by atoms with Gasteiger partial charge in [0, 0.05) is 24.7 Å². The predicted molar refractivity (Wildman–Crippen MR) is 103 cm³/mol. The van der Waals surface area contributed by atoms with E-state index in [-0.39, 0.29) is 27.0 Å². The molecule has 150 valence electrons. The first-order valence-electron chi connectivity index (χ1n) is 9.00. The molecule has 2 fully saturated rings. The first-order valence-corrected chi connectivity index (χ1v) is 12.6. The Morgan fingerprint density at radius 3 is 2.41 bits per heavy atom. The van der Waals surface area contributed by atoms with Gasteiger partial charge in [0.25, 0.3) is 5.91 Å². The monoisotopic (exact) mass is 434 g/mol. The van der Waals surface area contributed by atoms with Crippen LogP contribution >= 0.6 is 11.6 Å². The van der Waals surface area contributed by atoms with Crippen LogP contribution in [-0.2, 0) is 19.9 Å². The standard InChI is InChI=1S/C17H23ClN2O5S2/c18-15-6-5-13(17(21)19-14-7-10-26(22,23)12-14)11-16(15)27(24,25)20-8-3-1-2-4-9-20/h5-6,11,14H,1-4,7-10,12H2,(H,19,21)/t14-/m1/s1. The van der Waals surface area contributed by atoms with Crippen LogP contribution in [0.2, 0.25) is 5.02 Å². The summed E-state index contributed by atoms with van der Waals surface area (Å²) in [5.41, 5.74) is 0.150. The third-order valence-corrected chi connectivity index (χ3v) is 9.09. The van der Waals surface area contributed by atoms with Crippen LogP contribution in [0.15, 0.2) is 23.1 Å². The Morgan fingerprint density at radius 2 is 1.81 bits per heavy atom. The molecule has 3 rings (SSSR count). The second-order valence-electron chi connectivity index (χ2n) is 7.04. The minimum Gasteiger partial charge on any atom is -0.348 e. The van der Waals surface area contributed by atoms with E-state index in [0.29, 0.717) is 19.5 Å². The number of hydrogen-bond donors (Lipinski definition) is 1. The summed E-state index contributed by atoms with van der Waals surface area (Å²) in [6, 6.07) is 3.67. The molecule has 0 aliphatic carbocycles. The van der Waals surface area contributed by atoms with E-state index in [1.54, 1.807) is 0 Å². The molecule has 0 aromatic heterocycles. The fourth-order valence-electron chi connectivity index (χ4n) is 3.44. The molecule has 27 heavy (non-hydrogen) atoms. The van der Waals surface area contributed by atoms with Crippen molar-refractivity contribution in [3.8, 4) is 0 Å². The molecule has 0 saturated carbocycles. The van der Waals surface area contributed by atoms with Crippen molar-refractivity contribution in [2.24, 2.45) is 0 Å². The van der Waals surface area contributed by atoms with Crippen molar-refractivity contribution in [3.63, 3.8) is 0 Å². The van der Waals surface area contributed by atoms with E-state index >= 15 is 0 Å². The van der Waals surface area contributed by atoms with Crippen molar-refractivity contribution < 1.29 is 21.6 Å². The average Bonchev–Trinajstić information content (AvgIpc) is 2.80. The van der Waals surface area contributed by atoms with E-state index in [1.807, 2.05) is 0 Å². The van der Waals surface area contributed by atoms with Gasteiger partial charge >= 0.3 is 0 Å². The summed E-state index contributed by atoms with van der Waals surface area (Å²) in [6.45, 7) is 0.879. The van der Waals surface area contributed by atoms with Crippen molar-refractivity contribution in [2.75, 3.05) is 24.6 Å². The zero-order chi connectivity index (χ0) is 19.7. The lowest BCUT2D eigenvalue weighted by Gasteiger charge is -2.21. The lowest BCUT2D eigenvalue weighted by Crippen LogP contribution is -2.36. The van der Waals surface area contributed by atoms with E-state index in [2.05, 4.69) is 5.32 Å². The topological polar surface area (TPSA) is 101 Å². The van der Waals surface area contributed by atoms with Gasteiger partial charge in [-0.2, -0.15) is 4.31 Å². The van der Waals surface area contributed by atoms with Gasteiger partial charge in [-0.05, 0) is 37.5 Å². The highest BCUT2D eigenvalue weighted by Crippen LogP contribution is 2.28. The normalized spacial score (nSPS) is 23.7. The summed E-state index contributed by atoms with van der Waals surface area (Å²) in [5.74, 6) is -0.542. The van der Waals surface area contributed by atoms with Crippen LogP contribution in [-0.4, -0.2) is 57.7 Å². The van der Waals surface area contributed by atoms with E-state index in [0.717, 1.165) is 25.7 Å². The smallest absolute Gasteiger partial charge is 0.251 e. The summed E-state index contributed by atoms with van der Waals surface area (Å²) < 4.78 is 50.5. The molecule has 10 heteroatoms. The number of hydrogen-bond acceptors (Lipinski definition) is 5. The first-order chi connectivity index (χ1) is 12.7. The molecule has 1 aromatic rings. The van der Waals surface area contributed by atoms with Gasteiger partial charge in [-0.3, -0.25) is 4.79 Å². The first kappa shape index (κ1) is 20.6. The molecule has 2 aliphatic heterocycles. The molecule has 0 radical (unpaired) electrons. The fourth-order valence-corrected chi connectivity index (χ4v) is 7.13. The number of halogens is 1. The molecule has 1 aromatic carbocycles. The van der Waals surface area contributed by atoms with Crippen molar-refractivity contribution in [1.29, 1.82) is 0 Å². The van der Waals surface area contributed by atoms with Crippen LogP contribution in [0.5, 0.6) is 0 Å². The Morgan fingerprint density at radius 1 is 1.15 bits per heavy atom. The number of amides is 1. The van der Waals surface area contributed by atoms with Crippen molar-refractivity contribution in [2.45, 2.75) is 43.0 Å². The average molecular weight is 435 g/mol. The predicted octanol–water partition coefficient (Wildman–Crippen LogP) is 1.82. The highest BCUT2D eigenvalue weighted by Gasteiger charge is 2.31. The summed E-state index contributed by atoms with van der Waals surface area (Å²) >= 11 is 6.14. The maximum atomic E-state index is 13.0. The van der Waals surface area contributed by atoms with Crippen LogP contribution in [0.4, 0.5) is 0 Å². The number of sulfone groups is 1. The maximum Gasteiger partial charge on any atom is 0.251 e. The minimum atomic E-state index is -3.79. The van der Waals surface area contributed by atoms with Gasteiger partial charge in [0.1, 0.15) is 4.90 Å². The van der Waals surface area contributed by atoms with E-state index in [9.17, 15) is 21.6 Å². The van der Waals surface area contributed by atoms with Gasteiger partial charge in [-0.1, -0.05) is 24.4 Å². The summed E-state index contributed by atoms with van der Waals surface area (Å²) in [7, 11) is -6.91. The van der Waals surface area contributed by atoms with Crippen LogP contribution in [0.1, 0.15) is 42.5 Å². The zero-order valence-electron chi connectivity index (χ0n) is 14.9. The summed E-state index contributed by atoms with van der Waals surface area (Å²) in [4.78, 5) is 12.4. The number of rotatable bonds is 4. The number of benzene rings is 1. The van der Waals surface area contributed by atoms with E-state index in [4.69, 9.17) is 11.6 Å². The summed E-state index contributed by atoms with van der Waals surface area (Å²) in [5, 5.41) is 2.74. The molecule has 0 unspecified atom stereocenters.